The third kappa shape index (κ3) is 33.7. The molecular formula is C19H35Cl3O2. The lowest BCUT2D eigenvalue weighted by molar-refractivity contribution is -0.111. The molecule has 0 radical (unpaired) electrons. The maximum Gasteiger partial charge on any atom is 0.313 e. The van der Waals surface area contributed by atoms with Crippen molar-refractivity contribution < 1.29 is 9.59 Å². The zero-order valence-corrected chi connectivity index (χ0v) is 17.5. The van der Waals surface area contributed by atoms with E-state index in [1.807, 2.05) is 0 Å². The molecule has 0 aromatic rings. The van der Waals surface area contributed by atoms with Crippen molar-refractivity contribution in [2.75, 3.05) is 0 Å². The molecule has 0 fully saturated rings. The summed E-state index contributed by atoms with van der Waals surface area (Å²) in [5, 5.41) is -0.181. The van der Waals surface area contributed by atoms with Gasteiger partial charge in [0.05, 0.1) is 0 Å². The van der Waals surface area contributed by atoms with E-state index in [0.717, 1.165) is 12.8 Å². The van der Waals surface area contributed by atoms with Crippen molar-refractivity contribution in [2.24, 2.45) is 0 Å². The van der Waals surface area contributed by atoms with Crippen LogP contribution in [0.15, 0.2) is 0 Å². The number of hydrogen-bond acceptors (Lipinski definition) is 2. The lowest BCUT2D eigenvalue weighted by atomic mass is 10.0. The standard InChI is InChI=1S/C18H35ClO.CCl2O/c1-2-3-4-5-6-7-8-9-10-11-12-13-14-15-16-17-18(19)20;2-1(3)4/h2-17H2,1H3;. The van der Waals surface area contributed by atoms with Crippen LogP contribution >= 0.6 is 34.8 Å². The van der Waals surface area contributed by atoms with Crippen molar-refractivity contribution in [3.8, 4) is 0 Å². The van der Waals surface area contributed by atoms with E-state index in [1.54, 1.807) is 0 Å². The number of unbranched alkanes of at least 4 members (excludes halogenated alkanes) is 14. The average Bonchev–Trinajstić information content (AvgIpc) is 2.50. The molecule has 0 spiro atoms. The molecule has 24 heavy (non-hydrogen) atoms. The molecule has 0 aromatic heterocycles. The van der Waals surface area contributed by atoms with E-state index in [4.69, 9.17) is 16.4 Å². The quantitative estimate of drug-likeness (QED) is 0.191. The fourth-order valence-corrected chi connectivity index (χ4v) is 2.77. The Labute approximate surface area is 164 Å². The van der Waals surface area contributed by atoms with Gasteiger partial charge in [0.1, 0.15) is 0 Å². The van der Waals surface area contributed by atoms with Crippen LogP contribution in [-0.4, -0.2) is 9.94 Å². The second-order valence-electron chi connectivity index (χ2n) is 6.28. The summed E-state index contributed by atoms with van der Waals surface area (Å²) in [4.78, 5) is 19.5. The van der Waals surface area contributed by atoms with Crippen molar-refractivity contribution in [2.45, 2.75) is 110 Å². The van der Waals surface area contributed by atoms with Gasteiger partial charge in [0.15, 0.2) is 0 Å². The fourth-order valence-electron chi connectivity index (χ4n) is 2.64. The summed E-state index contributed by atoms with van der Waals surface area (Å²) in [6.07, 6.45) is 20.8. The van der Waals surface area contributed by atoms with Crippen molar-refractivity contribution in [3.63, 3.8) is 0 Å². The van der Waals surface area contributed by atoms with Gasteiger partial charge in [-0.05, 0) is 41.2 Å². The van der Waals surface area contributed by atoms with Crippen LogP contribution in [-0.2, 0) is 4.79 Å². The molecular weight excluding hydrogens is 367 g/mol. The van der Waals surface area contributed by atoms with Crippen molar-refractivity contribution in [3.05, 3.63) is 0 Å². The van der Waals surface area contributed by atoms with Crippen molar-refractivity contribution >= 4 is 44.7 Å². The van der Waals surface area contributed by atoms with Gasteiger partial charge in [0, 0.05) is 6.42 Å². The van der Waals surface area contributed by atoms with Crippen LogP contribution in [0.4, 0.5) is 4.79 Å². The second kappa shape index (κ2) is 23.2. The van der Waals surface area contributed by atoms with Crippen LogP contribution in [0.1, 0.15) is 110 Å². The Morgan fingerprint density at radius 3 is 1.04 bits per heavy atom. The third-order valence-electron chi connectivity index (χ3n) is 3.98. The number of rotatable bonds is 16. The lowest BCUT2D eigenvalue weighted by Crippen LogP contribution is -1.86. The highest BCUT2D eigenvalue weighted by molar-refractivity contribution is 6.93. The van der Waals surface area contributed by atoms with E-state index in [2.05, 4.69) is 30.1 Å². The average molecular weight is 402 g/mol. The first kappa shape index (κ1) is 26.4. The zero-order valence-electron chi connectivity index (χ0n) is 15.3. The van der Waals surface area contributed by atoms with Gasteiger partial charge >= 0.3 is 4.70 Å². The van der Waals surface area contributed by atoms with Gasteiger partial charge in [0.2, 0.25) is 5.24 Å². The minimum absolute atomic E-state index is 0.181. The molecule has 0 saturated heterocycles. The summed E-state index contributed by atoms with van der Waals surface area (Å²) in [6.45, 7) is 2.28. The third-order valence-corrected chi connectivity index (χ3v) is 4.17. The number of carbonyl (C=O) groups is 2. The SMILES string of the molecule is CCCCCCCCCCCCCCCCCC(=O)Cl.O=C(Cl)Cl. The first-order valence-electron chi connectivity index (χ1n) is 9.54. The monoisotopic (exact) mass is 400 g/mol. The van der Waals surface area contributed by atoms with E-state index < -0.39 is 4.70 Å². The van der Waals surface area contributed by atoms with Crippen molar-refractivity contribution in [1.82, 2.24) is 0 Å². The Morgan fingerprint density at radius 2 is 0.792 bits per heavy atom. The van der Waals surface area contributed by atoms with E-state index in [0.29, 0.717) is 6.42 Å². The Hall–Kier alpha value is 0.210. The number of carbonyl (C=O) groups excluding carboxylic acids is 2. The molecule has 0 bridgehead atoms. The zero-order chi connectivity index (χ0) is 18.5. The molecule has 0 saturated carbocycles. The molecule has 0 amide bonds. The van der Waals surface area contributed by atoms with Crippen molar-refractivity contribution in [1.29, 1.82) is 0 Å². The largest absolute Gasteiger partial charge is 0.313 e. The summed E-state index contributed by atoms with van der Waals surface area (Å²) in [7, 11) is 0. The van der Waals surface area contributed by atoms with Crippen LogP contribution in [0.3, 0.4) is 0 Å². The summed E-state index contributed by atoms with van der Waals surface area (Å²) < 4.78 is -0.889. The van der Waals surface area contributed by atoms with Gasteiger partial charge in [0.25, 0.3) is 0 Å². The first-order chi connectivity index (χ1) is 11.5. The van der Waals surface area contributed by atoms with E-state index in [1.165, 1.54) is 83.5 Å². The normalized spacial score (nSPS) is 10.2. The summed E-state index contributed by atoms with van der Waals surface area (Å²) in [6, 6.07) is 0. The first-order valence-corrected chi connectivity index (χ1v) is 10.7. The molecule has 0 unspecified atom stereocenters. The second-order valence-corrected chi connectivity index (χ2v) is 7.58. The smallest absolute Gasteiger partial charge is 0.281 e. The fraction of sp³-hybridized carbons (Fsp3) is 0.895. The molecule has 144 valence electrons. The van der Waals surface area contributed by atoms with Crippen LogP contribution in [0, 0.1) is 0 Å². The van der Waals surface area contributed by atoms with Gasteiger partial charge in [-0.15, -0.1) is 0 Å². The maximum atomic E-state index is 10.5. The summed E-state index contributed by atoms with van der Waals surface area (Å²) in [5.74, 6) is 0. The number of halogens is 3. The van der Waals surface area contributed by atoms with E-state index >= 15 is 0 Å². The van der Waals surface area contributed by atoms with E-state index in [9.17, 15) is 4.79 Å². The molecule has 0 aromatic carbocycles. The molecule has 0 heterocycles. The van der Waals surface area contributed by atoms with Gasteiger partial charge in [-0.1, -0.05) is 96.8 Å². The molecule has 0 atom stereocenters. The predicted molar refractivity (Wildman–Crippen MR) is 108 cm³/mol. The molecule has 0 aliphatic heterocycles. The minimum Gasteiger partial charge on any atom is -0.281 e. The van der Waals surface area contributed by atoms with Crippen LogP contribution in [0.5, 0.6) is 0 Å². The Balaban J connectivity index is 0. The highest BCUT2D eigenvalue weighted by atomic mass is 35.5. The van der Waals surface area contributed by atoms with Gasteiger partial charge in [-0.25, -0.2) is 0 Å². The van der Waals surface area contributed by atoms with Crippen LogP contribution in [0.2, 0.25) is 0 Å². The number of hydrogen-bond donors (Lipinski definition) is 0. The van der Waals surface area contributed by atoms with Gasteiger partial charge < -0.3 is 0 Å². The van der Waals surface area contributed by atoms with Gasteiger partial charge in [-0.2, -0.15) is 0 Å². The maximum absolute atomic E-state index is 10.5. The molecule has 0 rings (SSSR count). The summed E-state index contributed by atoms with van der Waals surface area (Å²) in [5.41, 5.74) is 0. The van der Waals surface area contributed by atoms with Crippen LogP contribution < -0.4 is 0 Å². The minimum atomic E-state index is -0.889. The predicted octanol–water partition coefficient (Wildman–Crippen LogP) is 8.60. The molecule has 0 aliphatic carbocycles. The Bertz CT molecular complexity index is 280. The van der Waals surface area contributed by atoms with Gasteiger partial charge in [-0.3, -0.25) is 9.59 Å². The Kier molecular flexibility index (Phi) is 25.6. The molecule has 5 heteroatoms. The summed E-state index contributed by atoms with van der Waals surface area (Å²) >= 11 is 14.1. The van der Waals surface area contributed by atoms with Crippen LogP contribution in [0.25, 0.3) is 0 Å². The molecule has 2 nitrogen and oxygen atoms in total. The molecule has 0 N–H and O–H groups in total. The van der Waals surface area contributed by atoms with E-state index in [-0.39, 0.29) is 5.24 Å². The topological polar surface area (TPSA) is 34.1 Å². The highest BCUT2D eigenvalue weighted by Gasteiger charge is 1.96. The lowest BCUT2D eigenvalue weighted by Gasteiger charge is -2.03. The Morgan fingerprint density at radius 1 is 0.542 bits per heavy atom. The molecule has 0 aliphatic rings. The highest BCUT2D eigenvalue weighted by Crippen LogP contribution is 2.13.